The Morgan fingerprint density at radius 1 is 1.53 bits per heavy atom. The van der Waals surface area contributed by atoms with Gasteiger partial charge in [0, 0.05) is 0 Å². The van der Waals surface area contributed by atoms with Crippen LogP contribution in [0.15, 0.2) is 28.5 Å². The lowest BCUT2D eigenvalue weighted by Crippen LogP contribution is -2.34. The molecule has 0 aromatic carbocycles. The Labute approximate surface area is 102 Å². The van der Waals surface area contributed by atoms with Gasteiger partial charge in [-0.05, 0) is 11.6 Å². The average molecular weight is 263 g/mol. The van der Waals surface area contributed by atoms with Crippen molar-refractivity contribution in [2.75, 3.05) is 26.4 Å². The summed E-state index contributed by atoms with van der Waals surface area (Å²) in [6.07, 6.45) is 1.47. The largest absolute Gasteiger partial charge is 0.394 e. The monoisotopic (exact) mass is 262 g/mol. The topological polar surface area (TPSA) is 69.1 Å². The van der Waals surface area contributed by atoms with Gasteiger partial charge in [-0.2, -0.15) is 4.39 Å². The first-order chi connectivity index (χ1) is 8.22. The first-order valence-corrected chi connectivity index (χ1v) is 5.43. The van der Waals surface area contributed by atoms with Gasteiger partial charge in [0.05, 0.1) is 32.6 Å². The molecule has 0 bridgehead atoms. The molecule has 17 heavy (non-hydrogen) atoms. The summed E-state index contributed by atoms with van der Waals surface area (Å²) in [5.41, 5.74) is 3.37. The Morgan fingerprint density at radius 2 is 2.35 bits per heavy atom. The zero-order valence-electron chi connectivity index (χ0n) is 8.91. The van der Waals surface area contributed by atoms with E-state index in [1.807, 2.05) is 0 Å². The third-order valence-corrected chi connectivity index (χ3v) is 2.41. The van der Waals surface area contributed by atoms with Gasteiger partial charge in [0.1, 0.15) is 11.4 Å². The Balaban J connectivity index is 1.94. The lowest BCUT2D eigenvalue weighted by molar-refractivity contribution is 0.0744. The second-order valence-corrected chi connectivity index (χ2v) is 3.71. The van der Waals surface area contributed by atoms with Gasteiger partial charge in [0.15, 0.2) is 0 Å². The number of fused-ring (bicyclic) bond motifs is 1. The smallest absolute Gasteiger partial charge is 0.231 e. The second kappa shape index (κ2) is 5.35. The molecule has 0 saturated heterocycles. The number of hydrogen-bond donors (Lipinski definition) is 3. The van der Waals surface area contributed by atoms with Crippen LogP contribution in [0.1, 0.15) is 0 Å². The summed E-state index contributed by atoms with van der Waals surface area (Å²) in [7, 11) is 0. The van der Waals surface area contributed by atoms with E-state index in [1.54, 1.807) is 5.01 Å². The summed E-state index contributed by atoms with van der Waals surface area (Å²) in [5.74, 6) is -0.508. The molecule has 0 spiro atoms. The molecular weight excluding hydrogens is 251 g/mol. The molecule has 94 valence electrons. The molecule has 2 aliphatic heterocycles. The van der Waals surface area contributed by atoms with Crippen LogP contribution in [-0.2, 0) is 4.74 Å². The van der Waals surface area contributed by atoms with Crippen LogP contribution in [0.4, 0.5) is 4.39 Å². The fourth-order valence-electron chi connectivity index (χ4n) is 1.49. The van der Waals surface area contributed by atoms with Gasteiger partial charge in [-0.25, -0.2) is 4.99 Å². The highest BCUT2D eigenvalue weighted by Crippen LogP contribution is 2.25. The first-order valence-electron chi connectivity index (χ1n) is 5.06. The standard InChI is InChI=1S/C9H12ClFN4O2/c10-9-12-5-6-7(13-9)8(11)14-15(6)1-3-17-4-2-16/h5,14,16H,1-4H2,(H,12,13). The third-order valence-electron chi connectivity index (χ3n) is 2.22. The number of amidine groups is 1. The number of aliphatic hydroxyl groups excluding tert-OH is 1. The highest BCUT2D eigenvalue weighted by atomic mass is 35.5. The van der Waals surface area contributed by atoms with E-state index in [2.05, 4.69) is 15.7 Å². The normalized spacial score (nSPS) is 18.4. The first kappa shape index (κ1) is 12.2. The summed E-state index contributed by atoms with van der Waals surface area (Å²) in [4.78, 5) is 3.85. The number of halogens is 2. The molecule has 0 saturated carbocycles. The van der Waals surface area contributed by atoms with E-state index in [-0.39, 0.29) is 24.2 Å². The van der Waals surface area contributed by atoms with Crippen LogP contribution in [0.3, 0.4) is 0 Å². The van der Waals surface area contributed by atoms with Crippen LogP contribution in [0.2, 0.25) is 0 Å². The van der Waals surface area contributed by atoms with Crippen molar-refractivity contribution in [3.8, 4) is 0 Å². The van der Waals surface area contributed by atoms with Crippen molar-refractivity contribution in [2.45, 2.75) is 0 Å². The van der Waals surface area contributed by atoms with E-state index >= 15 is 0 Å². The quantitative estimate of drug-likeness (QED) is 0.480. The number of nitrogens with one attached hydrogen (secondary N) is 2. The number of nitrogens with zero attached hydrogens (tertiary/aromatic N) is 2. The van der Waals surface area contributed by atoms with E-state index in [1.165, 1.54) is 6.20 Å². The van der Waals surface area contributed by atoms with Crippen molar-refractivity contribution in [2.24, 2.45) is 4.99 Å². The molecule has 0 fully saturated rings. The van der Waals surface area contributed by atoms with E-state index < -0.39 is 5.95 Å². The number of rotatable bonds is 5. The van der Waals surface area contributed by atoms with Gasteiger partial charge >= 0.3 is 0 Å². The van der Waals surface area contributed by atoms with Gasteiger partial charge in [0.2, 0.25) is 11.2 Å². The van der Waals surface area contributed by atoms with Crippen LogP contribution in [-0.4, -0.2) is 41.8 Å². The number of aliphatic imine (C=N–C) groups is 1. The van der Waals surface area contributed by atoms with Crippen LogP contribution in [0, 0.1) is 0 Å². The molecule has 0 aromatic heterocycles. The van der Waals surface area contributed by atoms with Crippen molar-refractivity contribution in [1.29, 1.82) is 0 Å². The van der Waals surface area contributed by atoms with E-state index in [0.29, 0.717) is 18.8 Å². The molecule has 8 heteroatoms. The van der Waals surface area contributed by atoms with Crippen LogP contribution in [0.5, 0.6) is 0 Å². The summed E-state index contributed by atoms with van der Waals surface area (Å²) in [5, 5.41) is 12.8. The highest BCUT2D eigenvalue weighted by molar-refractivity contribution is 6.65. The Morgan fingerprint density at radius 3 is 3.12 bits per heavy atom. The molecular formula is C9H12ClFN4O2. The predicted octanol–water partition coefficient (Wildman–Crippen LogP) is -0.00650. The molecule has 0 unspecified atom stereocenters. The van der Waals surface area contributed by atoms with E-state index in [9.17, 15) is 4.39 Å². The molecule has 2 heterocycles. The number of aliphatic hydroxyl groups is 1. The summed E-state index contributed by atoms with van der Waals surface area (Å²) in [6, 6.07) is 0. The Bertz CT molecular complexity index is 396. The van der Waals surface area contributed by atoms with Crippen LogP contribution >= 0.6 is 11.6 Å². The predicted molar refractivity (Wildman–Crippen MR) is 60.4 cm³/mol. The zero-order valence-corrected chi connectivity index (χ0v) is 9.67. The molecule has 0 aromatic rings. The van der Waals surface area contributed by atoms with Crippen molar-refractivity contribution in [3.05, 3.63) is 23.5 Å². The molecule has 2 aliphatic rings. The summed E-state index contributed by atoms with van der Waals surface area (Å²) < 4.78 is 18.6. The summed E-state index contributed by atoms with van der Waals surface area (Å²) >= 11 is 5.64. The highest BCUT2D eigenvalue weighted by Gasteiger charge is 2.29. The molecule has 0 amide bonds. The molecule has 6 nitrogen and oxygen atoms in total. The van der Waals surface area contributed by atoms with Crippen molar-refractivity contribution in [1.82, 2.24) is 15.8 Å². The Kier molecular flexibility index (Phi) is 3.82. The fraction of sp³-hybridized carbons (Fsp3) is 0.444. The minimum absolute atomic E-state index is 0.0323. The van der Waals surface area contributed by atoms with Crippen molar-refractivity contribution in [3.63, 3.8) is 0 Å². The van der Waals surface area contributed by atoms with Gasteiger partial charge in [-0.1, -0.05) is 0 Å². The molecule has 0 aliphatic carbocycles. The van der Waals surface area contributed by atoms with Gasteiger partial charge in [0.25, 0.3) is 0 Å². The number of ether oxygens (including phenoxy) is 1. The van der Waals surface area contributed by atoms with E-state index in [4.69, 9.17) is 21.4 Å². The maximum atomic E-state index is 13.5. The maximum Gasteiger partial charge on any atom is 0.231 e. The fourth-order valence-corrected chi connectivity index (χ4v) is 1.63. The molecule has 0 atom stereocenters. The maximum absolute atomic E-state index is 13.5. The number of hydrazine groups is 1. The minimum Gasteiger partial charge on any atom is -0.394 e. The van der Waals surface area contributed by atoms with Gasteiger partial charge < -0.3 is 15.2 Å². The molecule has 2 rings (SSSR count). The zero-order chi connectivity index (χ0) is 12.3. The Hall–Kier alpha value is -1.31. The van der Waals surface area contributed by atoms with Crippen molar-refractivity contribution < 1.29 is 14.2 Å². The second-order valence-electron chi connectivity index (χ2n) is 3.35. The van der Waals surface area contributed by atoms with Gasteiger partial charge in [-0.15, -0.1) is 0 Å². The molecule has 0 radical (unpaired) electrons. The number of hydrogen-bond acceptors (Lipinski definition) is 6. The summed E-state index contributed by atoms with van der Waals surface area (Å²) in [6.45, 7) is 1.02. The average Bonchev–Trinajstić information content (AvgIpc) is 2.62. The van der Waals surface area contributed by atoms with Crippen LogP contribution < -0.4 is 10.7 Å². The lowest BCUT2D eigenvalue weighted by Gasteiger charge is -2.21. The van der Waals surface area contributed by atoms with Gasteiger partial charge in [-0.3, -0.25) is 10.4 Å². The molecule has 3 N–H and O–H groups in total. The lowest BCUT2D eigenvalue weighted by atomic mass is 10.3. The SMILES string of the molecule is OCCOCCN1NC(F)=C2NC(Cl)=NC=C21. The van der Waals surface area contributed by atoms with E-state index in [0.717, 1.165) is 0 Å². The van der Waals surface area contributed by atoms with Crippen molar-refractivity contribution >= 4 is 16.9 Å². The van der Waals surface area contributed by atoms with Crippen LogP contribution in [0.25, 0.3) is 0 Å². The minimum atomic E-state index is -0.508. The third kappa shape index (κ3) is 2.68.